The molecule has 1 fully saturated rings. The van der Waals surface area contributed by atoms with Gasteiger partial charge < -0.3 is 23.8 Å². The third-order valence-electron chi connectivity index (χ3n) is 3.22. The molecule has 1 amide bonds. The van der Waals surface area contributed by atoms with Gasteiger partial charge in [-0.15, -0.1) is 6.58 Å². The lowest BCUT2D eigenvalue weighted by Gasteiger charge is -2.37. The van der Waals surface area contributed by atoms with Crippen molar-refractivity contribution in [2.24, 2.45) is 5.92 Å². The number of carbonyl (C=O) groups is 3. The second-order valence-corrected chi connectivity index (χ2v) is 4.74. The molecule has 0 radical (unpaired) electrons. The molecule has 23 heavy (non-hydrogen) atoms. The molecule has 0 N–H and O–H groups in total. The van der Waals surface area contributed by atoms with Gasteiger partial charge in [0.2, 0.25) is 0 Å². The predicted molar refractivity (Wildman–Crippen MR) is 79.2 cm³/mol. The molecule has 130 valence electrons. The summed E-state index contributed by atoms with van der Waals surface area (Å²) in [5.41, 5.74) is 0. The molecule has 1 heterocycles. The lowest BCUT2D eigenvalue weighted by atomic mass is 9.99. The summed E-state index contributed by atoms with van der Waals surface area (Å²) in [7, 11) is 1.41. The van der Waals surface area contributed by atoms with Crippen LogP contribution in [0.2, 0.25) is 0 Å². The summed E-state index contributed by atoms with van der Waals surface area (Å²) in [6.07, 6.45) is -0.577. The molecule has 0 saturated carbocycles. The summed E-state index contributed by atoms with van der Waals surface area (Å²) in [5, 5.41) is 0. The van der Waals surface area contributed by atoms with Crippen molar-refractivity contribution in [1.82, 2.24) is 4.90 Å². The Kier molecular flexibility index (Phi) is 7.70. The van der Waals surface area contributed by atoms with Crippen LogP contribution in [0.25, 0.3) is 0 Å². The molecule has 1 aliphatic rings. The molecular formula is C15H23NO7. The van der Waals surface area contributed by atoms with E-state index < -0.39 is 36.2 Å². The summed E-state index contributed by atoms with van der Waals surface area (Å²) in [5.74, 6) is -3.73. The monoisotopic (exact) mass is 329 g/mol. The number of morpholine rings is 1. The van der Waals surface area contributed by atoms with E-state index in [2.05, 4.69) is 6.58 Å². The molecule has 0 aromatic carbocycles. The molecule has 2 atom stereocenters. The number of esters is 2. The maximum Gasteiger partial charge on any atom is 0.323 e. The largest absolute Gasteiger partial charge is 0.465 e. The molecular weight excluding hydrogens is 306 g/mol. The van der Waals surface area contributed by atoms with Gasteiger partial charge in [-0.25, -0.2) is 0 Å². The highest BCUT2D eigenvalue weighted by molar-refractivity contribution is 6.01. The van der Waals surface area contributed by atoms with Crippen molar-refractivity contribution in [2.75, 3.05) is 33.4 Å². The number of hydrogen-bond donors (Lipinski definition) is 0. The zero-order chi connectivity index (χ0) is 17.4. The first-order valence-corrected chi connectivity index (χ1v) is 7.41. The summed E-state index contributed by atoms with van der Waals surface area (Å²) in [4.78, 5) is 38.2. The summed E-state index contributed by atoms with van der Waals surface area (Å²) >= 11 is 0. The number of hydrogen-bond acceptors (Lipinski definition) is 7. The first-order chi connectivity index (χ1) is 11.0. The maximum atomic E-state index is 12.5. The first-order valence-electron chi connectivity index (χ1n) is 7.41. The van der Waals surface area contributed by atoms with Crippen LogP contribution in [0.4, 0.5) is 0 Å². The third-order valence-corrected chi connectivity index (χ3v) is 3.22. The highest BCUT2D eigenvalue weighted by atomic mass is 16.7. The molecule has 0 aromatic heterocycles. The number of ether oxygens (including phenoxy) is 4. The Labute approximate surface area is 135 Å². The molecule has 8 heteroatoms. The van der Waals surface area contributed by atoms with Gasteiger partial charge in [-0.05, 0) is 13.8 Å². The SMILES string of the molecule is C=CCN1C[C@@H](OC)O[C@H](C(C(=O)OCC)C(=O)OCC)C1=O. The average molecular weight is 329 g/mol. The van der Waals surface area contributed by atoms with Gasteiger partial charge >= 0.3 is 11.9 Å². The Hall–Kier alpha value is -1.93. The van der Waals surface area contributed by atoms with Crippen molar-refractivity contribution in [1.29, 1.82) is 0 Å². The van der Waals surface area contributed by atoms with Gasteiger partial charge in [0.25, 0.3) is 5.91 Å². The molecule has 0 aromatic rings. The van der Waals surface area contributed by atoms with Crippen LogP contribution in [-0.2, 0) is 33.3 Å². The lowest BCUT2D eigenvalue weighted by Crippen LogP contribution is -2.57. The number of nitrogens with zero attached hydrogens (tertiary/aromatic N) is 1. The van der Waals surface area contributed by atoms with Crippen LogP contribution in [0.3, 0.4) is 0 Å². The van der Waals surface area contributed by atoms with Gasteiger partial charge in [-0.3, -0.25) is 14.4 Å². The lowest BCUT2D eigenvalue weighted by molar-refractivity contribution is -0.219. The van der Waals surface area contributed by atoms with Gasteiger partial charge in [-0.2, -0.15) is 0 Å². The van der Waals surface area contributed by atoms with Crippen molar-refractivity contribution < 1.29 is 33.3 Å². The molecule has 0 unspecified atom stereocenters. The quantitative estimate of drug-likeness (QED) is 0.355. The minimum atomic E-state index is -1.49. The zero-order valence-corrected chi connectivity index (χ0v) is 13.6. The Morgan fingerprint density at radius 3 is 2.35 bits per heavy atom. The van der Waals surface area contributed by atoms with E-state index in [-0.39, 0.29) is 26.3 Å². The normalized spacial score (nSPS) is 21.2. The molecule has 8 nitrogen and oxygen atoms in total. The number of amides is 1. The molecule has 0 spiro atoms. The predicted octanol–water partition coefficient (Wildman–Crippen LogP) is 0.115. The van der Waals surface area contributed by atoms with Crippen LogP contribution in [0.5, 0.6) is 0 Å². The fourth-order valence-electron chi connectivity index (χ4n) is 2.19. The van der Waals surface area contributed by atoms with Gasteiger partial charge in [0.1, 0.15) is 0 Å². The molecule has 1 saturated heterocycles. The average Bonchev–Trinajstić information content (AvgIpc) is 2.51. The molecule has 0 bridgehead atoms. The molecule has 1 rings (SSSR count). The number of rotatable bonds is 8. The molecule has 1 aliphatic heterocycles. The minimum absolute atomic E-state index is 0.0692. The maximum absolute atomic E-state index is 12.5. The summed E-state index contributed by atoms with van der Waals surface area (Å²) in [6, 6.07) is 0. The second kappa shape index (κ2) is 9.26. The minimum Gasteiger partial charge on any atom is -0.465 e. The zero-order valence-electron chi connectivity index (χ0n) is 13.6. The van der Waals surface area contributed by atoms with E-state index in [9.17, 15) is 14.4 Å². The van der Waals surface area contributed by atoms with Gasteiger partial charge in [0.05, 0.1) is 19.8 Å². The Balaban J connectivity index is 3.08. The van der Waals surface area contributed by atoms with Crippen molar-refractivity contribution in [3.8, 4) is 0 Å². The van der Waals surface area contributed by atoms with Gasteiger partial charge in [0.15, 0.2) is 18.3 Å². The van der Waals surface area contributed by atoms with Crippen LogP contribution < -0.4 is 0 Å². The summed E-state index contributed by atoms with van der Waals surface area (Å²) < 4.78 is 20.4. The highest BCUT2D eigenvalue weighted by Gasteiger charge is 2.48. The standard InChI is InChI=1S/C15H23NO7/c1-5-8-16-9-10(20-4)23-12(13(16)17)11(14(18)21-6-2)15(19)22-7-3/h5,10-12H,1,6-9H2,2-4H3/t10-,12+/m0/s1. The highest BCUT2D eigenvalue weighted by Crippen LogP contribution is 2.22. The van der Waals surface area contributed by atoms with E-state index in [1.165, 1.54) is 18.1 Å². The van der Waals surface area contributed by atoms with E-state index in [0.29, 0.717) is 0 Å². The van der Waals surface area contributed by atoms with Crippen LogP contribution in [0.15, 0.2) is 12.7 Å². The van der Waals surface area contributed by atoms with Gasteiger partial charge in [0, 0.05) is 13.7 Å². The van der Waals surface area contributed by atoms with E-state index in [4.69, 9.17) is 18.9 Å². The van der Waals surface area contributed by atoms with Crippen molar-refractivity contribution in [3.63, 3.8) is 0 Å². The Morgan fingerprint density at radius 1 is 1.35 bits per heavy atom. The fraction of sp³-hybridized carbons (Fsp3) is 0.667. The smallest absolute Gasteiger partial charge is 0.323 e. The fourth-order valence-corrected chi connectivity index (χ4v) is 2.19. The first kappa shape index (κ1) is 19.1. The summed E-state index contributed by atoms with van der Waals surface area (Å²) in [6.45, 7) is 7.35. The van der Waals surface area contributed by atoms with Crippen LogP contribution >= 0.6 is 0 Å². The van der Waals surface area contributed by atoms with E-state index in [0.717, 1.165) is 0 Å². The third kappa shape index (κ3) is 4.77. The Morgan fingerprint density at radius 2 is 1.91 bits per heavy atom. The number of methoxy groups -OCH3 is 1. The van der Waals surface area contributed by atoms with E-state index in [1.54, 1.807) is 13.8 Å². The van der Waals surface area contributed by atoms with Crippen molar-refractivity contribution in [2.45, 2.75) is 26.2 Å². The number of carbonyl (C=O) groups excluding carboxylic acids is 3. The van der Waals surface area contributed by atoms with E-state index in [1.807, 2.05) is 0 Å². The van der Waals surface area contributed by atoms with Crippen LogP contribution in [0, 0.1) is 5.92 Å². The topological polar surface area (TPSA) is 91.4 Å². The van der Waals surface area contributed by atoms with Crippen LogP contribution in [-0.4, -0.2) is 68.6 Å². The van der Waals surface area contributed by atoms with Crippen LogP contribution in [0.1, 0.15) is 13.8 Å². The van der Waals surface area contributed by atoms with Crippen molar-refractivity contribution >= 4 is 17.8 Å². The molecule has 0 aliphatic carbocycles. The van der Waals surface area contributed by atoms with E-state index >= 15 is 0 Å². The second-order valence-electron chi connectivity index (χ2n) is 4.74. The Bertz CT molecular complexity index is 433. The van der Waals surface area contributed by atoms with Gasteiger partial charge in [-0.1, -0.05) is 6.08 Å². The van der Waals surface area contributed by atoms with Crippen molar-refractivity contribution in [3.05, 3.63) is 12.7 Å².